The Morgan fingerprint density at radius 3 is 2.17 bits per heavy atom. The molecule has 90 valence electrons. The molecule has 0 radical (unpaired) electrons. The van der Waals surface area contributed by atoms with E-state index in [1.165, 1.54) is 0 Å². The molecular weight excluding hydrogens is 226 g/mol. The minimum atomic E-state index is -0.914. The molecular formula is C15H13NO2. The third kappa shape index (κ3) is 1.89. The van der Waals surface area contributed by atoms with E-state index in [2.05, 4.69) is 5.16 Å². The van der Waals surface area contributed by atoms with Crippen molar-refractivity contribution in [3.63, 3.8) is 0 Å². The first-order valence-electron chi connectivity index (χ1n) is 5.88. The van der Waals surface area contributed by atoms with Crippen molar-refractivity contribution in [1.82, 2.24) is 0 Å². The molecule has 1 aliphatic heterocycles. The van der Waals surface area contributed by atoms with Crippen LogP contribution in [-0.2, 0) is 4.84 Å². The van der Waals surface area contributed by atoms with E-state index >= 15 is 0 Å². The second-order valence-electron chi connectivity index (χ2n) is 4.23. The van der Waals surface area contributed by atoms with Crippen LogP contribution in [0, 0.1) is 0 Å². The third-order valence-electron chi connectivity index (χ3n) is 3.07. The maximum Gasteiger partial charge on any atom is 0.237 e. The lowest BCUT2D eigenvalue weighted by Gasteiger charge is -2.14. The SMILES string of the molecule is OC1ON=C(c2ccccc2)C1c1ccccc1. The van der Waals surface area contributed by atoms with E-state index < -0.39 is 6.29 Å². The van der Waals surface area contributed by atoms with Gasteiger partial charge in [0.25, 0.3) is 0 Å². The maximum atomic E-state index is 9.94. The molecule has 0 fully saturated rings. The Morgan fingerprint density at radius 2 is 1.50 bits per heavy atom. The molecule has 0 saturated heterocycles. The summed E-state index contributed by atoms with van der Waals surface area (Å²) in [7, 11) is 0. The molecule has 1 aliphatic rings. The van der Waals surface area contributed by atoms with Gasteiger partial charge in [0, 0.05) is 5.56 Å². The fourth-order valence-corrected chi connectivity index (χ4v) is 2.19. The molecule has 3 nitrogen and oxygen atoms in total. The zero-order chi connectivity index (χ0) is 12.4. The zero-order valence-electron chi connectivity index (χ0n) is 9.73. The molecule has 2 aromatic carbocycles. The minimum Gasteiger partial charge on any atom is -0.362 e. The molecule has 2 atom stereocenters. The standard InChI is InChI=1S/C15H13NO2/c17-15-13(11-7-3-1-4-8-11)14(16-18-15)12-9-5-2-6-10-12/h1-10,13,15,17H. The number of rotatable bonds is 2. The number of nitrogens with zero attached hydrogens (tertiary/aromatic N) is 1. The number of benzene rings is 2. The van der Waals surface area contributed by atoms with Crippen LogP contribution in [0.4, 0.5) is 0 Å². The lowest BCUT2D eigenvalue weighted by Crippen LogP contribution is -2.21. The van der Waals surface area contributed by atoms with Crippen LogP contribution < -0.4 is 0 Å². The van der Waals surface area contributed by atoms with Crippen LogP contribution in [0.2, 0.25) is 0 Å². The van der Waals surface area contributed by atoms with E-state index in [9.17, 15) is 5.11 Å². The number of oxime groups is 1. The molecule has 1 N–H and O–H groups in total. The van der Waals surface area contributed by atoms with Gasteiger partial charge < -0.3 is 9.94 Å². The Kier molecular flexibility index (Phi) is 2.82. The Hall–Kier alpha value is -2.13. The van der Waals surface area contributed by atoms with Crippen LogP contribution in [0.5, 0.6) is 0 Å². The number of aliphatic hydroxyl groups is 1. The first-order valence-corrected chi connectivity index (χ1v) is 5.88. The minimum absolute atomic E-state index is 0.228. The summed E-state index contributed by atoms with van der Waals surface area (Å²) in [4.78, 5) is 5.03. The predicted molar refractivity (Wildman–Crippen MR) is 69.3 cm³/mol. The van der Waals surface area contributed by atoms with Crippen molar-refractivity contribution in [3.8, 4) is 0 Å². The second-order valence-corrected chi connectivity index (χ2v) is 4.23. The molecule has 3 rings (SSSR count). The molecule has 18 heavy (non-hydrogen) atoms. The summed E-state index contributed by atoms with van der Waals surface area (Å²) < 4.78 is 0. The predicted octanol–water partition coefficient (Wildman–Crippen LogP) is 2.52. The highest BCUT2D eigenvalue weighted by Crippen LogP contribution is 2.30. The molecule has 0 aromatic heterocycles. The maximum absolute atomic E-state index is 9.94. The molecule has 0 bridgehead atoms. The molecule has 0 spiro atoms. The summed E-state index contributed by atoms with van der Waals surface area (Å²) in [5.41, 5.74) is 2.75. The van der Waals surface area contributed by atoms with E-state index in [-0.39, 0.29) is 5.92 Å². The Bertz CT molecular complexity index is 551. The van der Waals surface area contributed by atoms with Crippen LogP contribution in [0.1, 0.15) is 17.0 Å². The second kappa shape index (κ2) is 4.63. The van der Waals surface area contributed by atoms with Crippen LogP contribution in [0.3, 0.4) is 0 Å². The molecule has 3 heteroatoms. The molecule has 0 aliphatic carbocycles. The van der Waals surface area contributed by atoms with Gasteiger partial charge in [-0.2, -0.15) is 0 Å². The van der Waals surface area contributed by atoms with E-state index in [0.717, 1.165) is 16.8 Å². The van der Waals surface area contributed by atoms with Gasteiger partial charge in [-0.15, -0.1) is 0 Å². The summed E-state index contributed by atoms with van der Waals surface area (Å²) in [6.45, 7) is 0. The average molecular weight is 239 g/mol. The smallest absolute Gasteiger partial charge is 0.237 e. The van der Waals surface area contributed by atoms with Crippen molar-refractivity contribution >= 4 is 5.71 Å². The summed E-state index contributed by atoms with van der Waals surface area (Å²) >= 11 is 0. The van der Waals surface area contributed by atoms with Crippen molar-refractivity contribution < 1.29 is 9.94 Å². The molecule has 0 saturated carbocycles. The van der Waals surface area contributed by atoms with Crippen LogP contribution >= 0.6 is 0 Å². The zero-order valence-corrected chi connectivity index (χ0v) is 9.73. The fourth-order valence-electron chi connectivity index (χ4n) is 2.19. The monoisotopic (exact) mass is 239 g/mol. The van der Waals surface area contributed by atoms with Gasteiger partial charge in [-0.3, -0.25) is 0 Å². The normalized spacial score (nSPS) is 22.4. The van der Waals surface area contributed by atoms with E-state index in [1.54, 1.807) is 0 Å². The topological polar surface area (TPSA) is 41.8 Å². The van der Waals surface area contributed by atoms with E-state index in [0.29, 0.717) is 0 Å². The van der Waals surface area contributed by atoms with Gasteiger partial charge in [0.2, 0.25) is 6.29 Å². The Balaban J connectivity index is 2.00. The molecule has 2 aromatic rings. The lowest BCUT2D eigenvalue weighted by atomic mass is 9.90. The summed E-state index contributed by atoms with van der Waals surface area (Å²) in [6.07, 6.45) is -0.914. The van der Waals surface area contributed by atoms with Crippen LogP contribution in [0.15, 0.2) is 65.8 Å². The third-order valence-corrected chi connectivity index (χ3v) is 3.07. The number of aliphatic hydroxyl groups excluding tert-OH is 1. The summed E-state index contributed by atoms with van der Waals surface area (Å²) in [5.74, 6) is -0.228. The summed E-state index contributed by atoms with van der Waals surface area (Å²) in [6, 6.07) is 19.6. The van der Waals surface area contributed by atoms with Crippen molar-refractivity contribution in [2.45, 2.75) is 12.2 Å². The number of hydrogen-bond donors (Lipinski definition) is 1. The van der Waals surface area contributed by atoms with E-state index in [4.69, 9.17) is 4.84 Å². The Morgan fingerprint density at radius 1 is 0.889 bits per heavy atom. The average Bonchev–Trinajstić information content (AvgIpc) is 2.83. The Labute approximate surface area is 105 Å². The highest BCUT2D eigenvalue weighted by Gasteiger charge is 2.34. The first kappa shape index (κ1) is 11.0. The highest BCUT2D eigenvalue weighted by atomic mass is 16.7. The quantitative estimate of drug-likeness (QED) is 0.875. The largest absolute Gasteiger partial charge is 0.362 e. The first-order chi connectivity index (χ1) is 8.86. The van der Waals surface area contributed by atoms with Gasteiger partial charge in [-0.05, 0) is 5.56 Å². The van der Waals surface area contributed by atoms with Crippen molar-refractivity contribution in [2.24, 2.45) is 5.16 Å². The van der Waals surface area contributed by atoms with Crippen LogP contribution in [-0.4, -0.2) is 17.1 Å². The summed E-state index contributed by atoms with van der Waals surface area (Å²) in [5, 5.41) is 13.9. The van der Waals surface area contributed by atoms with E-state index in [1.807, 2.05) is 60.7 Å². The van der Waals surface area contributed by atoms with Crippen molar-refractivity contribution in [3.05, 3.63) is 71.8 Å². The molecule has 0 amide bonds. The fraction of sp³-hybridized carbons (Fsp3) is 0.133. The molecule has 1 heterocycles. The molecule has 2 unspecified atom stereocenters. The van der Waals surface area contributed by atoms with Gasteiger partial charge in [0.1, 0.15) is 5.71 Å². The van der Waals surface area contributed by atoms with Crippen molar-refractivity contribution in [1.29, 1.82) is 0 Å². The van der Waals surface area contributed by atoms with Gasteiger partial charge >= 0.3 is 0 Å². The lowest BCUT2D eigenvalue weighted by molar-refractivity contribution is -0.0853. The van der Waals surface area contributed by atoms with Gasteiger partial charge in [0.05, 0.1) is 5.92 Å². The van der Waals surface area contributed by atoms with Gasteiger partial charge in [0.15, 0.2) is 0 Å². The van der Waals surface area contributed by atoms with Crippen LogP contribution in [0.25, 0.3) is 0 Å². The van der Waals surface area contributed by atoms with Crippen molar-refractivity contribution in [2.75, 3.05) is 0 Å². The van der Waals surface area contributed by atoms with Gasteiger partial charge in [-0.25, -0.2) is 0 Å². The number of hydrogen-bond acceptors (Lipinski definition) is 3. The highest BCUT2D eigenvalue weighted by molar-refractivity contribution is 6.05. The van der Waals surface area contributed by atoms with Gasteiger partial charge in [-0.1, -0.05) is 65.8 Å².